The Balaban J connectivity index is 2.96. The number of phenolic OH excluding ortho intramolecular Hbond substituents is 1. The lowest BCUT2D eigenvalue weighted by Crippen LogP contribution is -2.31. The summed E-state index contributed by atoms with van der Waals surface area (Å²) in [6, 6.07) is 0. The molecule has 0 saturated carbocycles. The van der Waals surface area contributed by atoms with E-state index in [1.54, 1.807) is 0 Å². The molecule has 1 aliphatic rings. The number of hydrogen-bond acceptors (Lipinski definition) is 5. The van der Waals surface area contributed by atoms with Gasteiger partial charge < -0.3 is 14.6 Å². The lowest BCUT2D eigenvalue weighted by Gasteiger charge is -2.36. The van der Waals surface area contributed by atoms with Crippen molar-refractivity contribution in [2.24, 2.45) is 0 Å². The van der Waals surface area contributed by atoms with Crippen molar-refractivity contribution in [1.29, 1.82) is 0 Å². The monoisotopic (exact) mass is 376 g/mol. The van der Waals surface area contributed by atoms with Gasteiger partial charge >= 0.3 is 11.9 Å². The fourth-order valence-corrected chi connectivity index (χ4v) is 4.08. The van der Waals surface area contributed by atoms with Gasteiger partial charge in [0.1, 0.15) is 12.2 Å². The van der Waals surface area contributed by atoms with Gasteiger partial charge in [-0.2, -0.15) is 0 Å². The van der Waals surface area contributed by atoms with Crippen LogP contribution in [0, 0.1) is 0 Å². The van der Waals surface area contributed by atoms with Gasteiger partial charge in [0.05, 0.1) is 0 Å². The topological polar surface area (TPSA) is 72.8 Å². The second kappa shape index (κ2) is 7.17. The van der Waals surface area contributed by atoms with Crippen molar-refractivity contribution in [3.63, 3.8) is 0 Å². The highest BCUT2D eigenvalue weighted by Gasteiger charge is 2.39. The third-order valence-corrected chi connectivity index (χ3v) is 4.94. The fourth-order valence-electron chi connectivity index (χ4n) is 4.08. The van der Waals surface area contributed by atoms with Crippen molar-refractivity contribution in [3.8, 4) is 5.75 Å². The molecule has 27 heavy (non-hydrogen) atoms. The van der Waals surface area contributed by atoms with Gasteiger partial charge in [0.25, 0.3) is 6.29 Å². The molecule has 1 heterocycles. The van der Waals surface area contributed by atoms with E-state index in [4.69, 9.17) is 9.47 Å². The van der Waals surface area contributed by atoms with Crippen LogP contribution in [0.15, 0.2) is 0 Å². The summed E-state index contributed by atoms with van der Waals surface area (Å²) in [6.45, 7) is 16.3. The Bertz CT molecular complexity index is 703. The summed E-state index contributed by atoms with van der Waals surface area (Å²) in [7, 11) is 0. The molecule has 0 unspecified atom stereocenters. The number of hydrogen-bond donors (Lipinski definition) is 1. The molecule has 0 aliphatic carbocycles. The van der Waals surface area contributed by atoms with Gasteiger partial charge in [0.2, 0.25) is 0 Å². The number of aromatic hydroxyl groups is 1. The zero-order valence-electron chi connectivity index (χ0n) is 17.8. The second-order valence-electron chi connectivity index (χ2n) is 9.16. The molecule has 0 bridgehead atoms. The molecule has 1 saturated heterocycles. The van der Waals surface area contributed by atoms with E-state index in [9.17, 15) is 14.7 Å². The van der Waals surface area contributed by atoms with E-state index in [0.29, 0.717) is 24.2 Å². The molecular weight excluding hydrogens is 344 g/mol. The van der Waals surface area contributed by atoms with Crippen molar-refractivity contribution in [3.05, 3.63) is 27.8 Å². The van der Waals surface area contributed by atoms with Crippen molar-refractivity contribution in [1.82, 2.24) is 0 Å². The maximum absolute atomic E-state index is 11.9. The zero-order valence-corrected chi connectivity index (χ0v) is 17.8. The minimum absolute atomic E-state index is 0.293. The van der Waals surface area contributed by atoms with E-state index in [1.807, 2.05) is 55.4 Å². The first kappa shape index (κ1) is 21.3. The van der Waals surface area contributed by atoms with E-state index in [0.717, 1.165) is 22.3 Å². The predicted octanol–water partition coefficient (Wildman–Crippen LogP) is 4.60. The first-order valence-corrected chi connectivity index (χ1v) is 9.63. The first-order chi connectivity index (χ1) is 12.3. The number of benzene rings is 1. The summed E-state index contributed by atoms with van der Waals surface area (Å²) in [5, 5.41) is 11.3. The maximum Gasteiger partial charge on any atom is 0.320 e. The van der Waals surface area contributed by atoms with Gasteiger partial charge in [-0.1, -0.05) is 55.4 Å². The number of carbonyl (C=O) groups is 2. The van der Waals surface area contributed by atoms with Crippen LogP contribution in [0.1, 0.15) is 95.9 Å². The van der Waals surface area contributed by atoms with Crippen molar-refractivity contribution in [2.45, 2.75) is 91.8 Å². The zero-order chi connectivity index (χ0) is 20.7. The van der Waals surface area contributed by atoms with Crippen LogP contribution in [-0.2, 0) is 42.7 Å². The van der Waals surface area contributed by atoms with Crippen molar-refractivity contribution < 1.29 is 24.2 Å². The largest absolute Gasteiger partial charge is 0.507 e. The van der Waals surface area contributed by atoms with Crippen molar-refractivity contribution in [2.75, 3.05) is 0 Å². The van der Waals surface area contributed by atoms with Crippen molar-refractivity contribution >= 4 is 11.9 Å². The van der Waals surface area contributed by atoms with Gasteiger partial charge in [-0.05, 0) is 34.8 Å². The number of phenols is 1. The number of cyclic esters (lactones) is 2. The number of esters is 2. The molecule has 5 heteroatoms. The molecule has 1 fully saturated rings. The van der Waals surface area contributed by atoms with Gasteiger partial charge in [-0.3, -0.25) is 9.59 Å². The van der Waals surface area contributed by atoms with E-state index < -0.39 is 18.2 Å². The van der Waals surface area contributed by atoms with Crippen LogP contribution >= 0.6 is 0 Å². The molecule has 0 spiro atoms. The lowest BCUT2D eigenvalue weighted by molar-refractivity contribution is -0.205. The lowest BCUT2D eigenvalue weighted by atomic mass is 9.72. The van der Waals surface area contributed by atoms with Crippen LogP contribution in [0.2, 0.25) is 0 Å². The molecule has 0 aromatic heterocycles. The summed E-state index contributed by atoms with van der Waals surface area (Å²) in [5.41, 5.74) is 3.46. The Kier molecular flexibility index (Phi) is 5.65. The molecule has 0 radical (unpaired) electrons. The highest BCUT2D eigenvalue weighted by atomic mass is 16.7. The molecule has 1 aromatic rings. The molecule has 0 amide bonds. The van der Waals surface area contributed by atoms with Crippen LogP contribution in [-0.4, -0.2) is 17.0 Å². The molecule has 150 valence electrons. The predicted molar refractivity (Wildman–Crippen MR) is 104 cm³/mol. The molecule has 1 aromatic carbocycles. The van der Waals surface area contributed by atoms with Gasteiger partial charge in [0.15, 0.2) is 0 Å². The average molecular weight is 376 g/mol. The minimum atomic E-state index is -1.06. The van der Waals surface area contributed by atoms with Crippen LogP contribution in [0.25, 0.3) is 0 Å². The van der Waals surface area contributed by atoms with Crippen LogP contribution in [0.5, 0.6) is 5.75 Å². The Morgan fingerprint density at radius 2 is 1.22 bits per heavy atom. The Morgan fingerprint density at radius 3 is 1.52 bits per heavy atom. The summed E-state index contributed by atoms with van der Waals surface area (Å²) in [5.74, 6) is -0.869. The molecule has 2 rings (SSSR count). The standard InChI is InChI=1S/C22H32O5/c1-9-12-16(20-26-14(23)11-15(24)27-20)13(10-2)18(22(6,7)8)19(25)17(12)21(3,4)5/h20,25H,9-11H2,1-8H3. The Labute approximate surface area is 162 Å². The summed E-state index contributed by atoms with van der Waals surface area (Å²) in [6.07, 6.45) is -0.182. The average Bonchev–Trinajstić information content (AvgIpc) is 2.49. The highest BCUT2D eigenvalue weighted by Crippen LogP contribution is 2.48. The first-order valence-electron chi connectivity index (χ1n) is 9.63. The number of ether oxygens (including phenoxy) is 2. The number of carbonyl (C=O) groups excluding carboxylic acids is 2. The molecule has 0 atom stereocenters. The summed E-state index contributed by atoms with van der Waals surface area (Å²) < 4.78 is 10.9. The van der Waals surface area contributed by atoms with E-state index in [2.05, 4.69) is 0 Å². The summed E-state index contributed by atoms with van der Waals surface area (Å²) in [4.78, 5) is 23.8. The summed E-state index contributed by atoms with van der Waals surface area (Å²) >= 11 is 0. The number of rotatable bonds is 3. The van der Waals surface area contributed by atoms with Crippen LogP contribution in [0.4, 0.5) is 0 Å². The van der Waals surface area contributed by atoms with Gasteiger partial charge in [-0.25, -0.2) is 0 Å². The Morgan fingerprint density at radius 1 is 0.852 bits per heavy atom. The minimum Gasteiger partial charge on any atom is -0.507 e. The van der Waals surface area contributed by atoms with Gasteiger partial charge in [0, 0.05) is 16.7 Å². The SMILES string of the molecule is CCc1c(C2OC(=O)CC(=O)O2)c(CC)c(C(C)(C)C)c(O)c1C(C)(C)C. The fraction of sp³-hybridized carbons (Fsp3) is 0.636. The third-order valence-electron chi connectivity index (χ3n) is 4.94. The molecule has 5 nitrogen and oxygen atoms in total. The van der Waals surface area contributed by atoms with Crippen LogP contribution in [0.3, 0.4) is 0 Å². The molecule has 1 aliphatic heterocycles. The van der Waals surface area contributed by atoms with E-state index in [1.165, 1.54) is 0 Å². The third kappa shape index (κ3) is 3.97. The maximum atomic E-state index is 11.9. The second-order valence-corrected chi connectivity index (χ2v) is 9.16. The quantitative estimate of drug-likeness (QED) is 0.616. The van der Waals surface area contributed by atoms with E-state index in [-0.39, 0.29) is 17.3 Å². The Hall–Kier alpha value is -2.04. The van der Waals surface area contributed by atoms with E-state index >= 15 is 0 Å². The molecular formula is C22H32O5. The molecule has 1 N–H and O–H groups in total. The van der Waals surface area contributed by atoms with Crippen LogP contribution < -0.4 is 0 Å². The normalized spacial score (nSPS) is 16.3. The highest BCUT2D eigenvalue weighted by molar-refractivity contribution is 5.92. The smallest absolute Gasteiger partial charge is 0.320 e. The van der Waals surface area contributed by atoms with Gasteiger partial charge in [-0.15, -0.1) is 0 Å².